The molecular weight excluding hydrogens is 422 g/mol. The molecule has 5 rings (SSSR count). The number of aromatic hydroxyl groups is 1. The lowest BCUT2D eigenvalue weighted by Crippen LogP contribution is -2.11. The van der Waals surface area contributed by atoms with Gasteiger partial charge in [0.2, 0.25) is 0 Å². The van der Waals surface area contributed by atoms with E-state index < -0.39 is 28.9 Å². The number of phenolic OH excluding ortho intramolecular Hbond substituents is 1. The van der Waals surface area contributed by atoms with Crippen LogP contribution in [0.3, 0.4) is 0 Å². The van der Waals surface area contributed by atoms with Gasteiger partial charge in [-0.2, -0.15) is 0 Å². The van der Waals surface area contributed by atoms with Crippen LogP contribution in [0.1, 0.15) is 43.9 Å². The van der Waals surface area contributed by atoms with E-state index >= 15 is 0 Å². The first-order valence-electron chi connectivity index (χ1n) is 10.2. The first-order chi connectivity index (χ1) is 15.1. The number of hydrogen-bond acceptors (Lipinski definition) is 3. The van der Waals surface area contributed by atoms with Crippen molar-refractivity contribution in [2.45, 2.75) is 38.3 Å². The van der Waals surface area contributed by atoms with E-state index in [1.807, 2.05) is 0 Å². The average molecular weight is 441 g/mol. The molecule has 0 bridgehead atoms. The quantitative estimate of drug-likeness (QED) is 0.380. The van der Waals surface area contributed by atoms with E-state index in [-0.39, 0.29) is 22.7 Å². The summed E-state index contributed by atoms with van der Waals surface area (Å²) in [7, 11) is 0. The molecule has 0 atom stereocenters. The maximum atomic E-state index is 14.8. The molecule has 4 aromatic rings. The van der Waals surface area contributed by atoms with E-state index in [0.717, 1.165) is 25.0 Å². The molecule has 1 saturated carbocycles. The Morgan fingerprint density at radius 1 is 1.03 bits per heavy atom. The predicted molar refractivity (Wildman–Crippen MR) is 112 cm³/mol. The fourth-order valence-corrected chi connectivity index (χ4v) is 3.94. The Morgan fingerprint density at radius 3 is 2.34 bits per heavy atom. The number of alkyl halides is 1. The third-order valence-corrected chi connectivity index (χ3v) is 5.67. The maximum Gasteiger partial charge on any atom is 0.156 e. The highest BCUT2D eigenvalue weighted by molar-refractivity contribution is 5.72. The maximum absolute atomic E-state index is 14.8. The minimum atomic E-state index is -1.90. The van der Waals surface area contributed by atoms with Gasteiger partial charge in [0.15, 0.2) is 5.65 Å². The van der Waals surface area contributed by atoms with Crippen molar-refractivity contribution in [1.29, 1.82) is 0 Å². The molecule has 32 heavy (non-hydrogen) atoms. The van der Waals surface area contributed by atoms with Gasteiger partial charge in [0, 0.05) is 35.4 Å². The molecule has 2 aromatic heterocycles. The van der Waals surface area contributed by atoms with Crippen LogP contribution in [0.4, 0.5) is 17.6 Å². The van der Waals surface area contributed by atoms with E-state index in [0.29, 0.717) is 22.6 Å². The molecule has 2 aromatic carbocycles. The number of phenols is 1. The second-order valence-corrected chi connectivity index (χ2v) is 8.57. The average Bonchev–Trinajstić information content (AvgIpc) is 3.48. The Hall–Kier alpha value is -3.42. The van der Waals surface area contributed by atoms with Gasteiger partial charge in [0.25, 0.3) is 0 Å². The van der Waals surface area contributed by atoms with Crippen LogP contribution in [-0.4, -0.2) is 19.5 Å². The summed E-state index contributed by atoms with van der Waals surface area (Å²) in [5.74, 6) is -2.93. The Kier molecular flexibility index (Phi) is 4.51. The summed E-state index contributed by atoms with van der Waals surface area (Å²) in [6, 6.07) is 5.72. The third kappa shape index (κ3) is 3.39. The summed E-state index contributed by atoms with van der Waals surface area (Å²) < 4.78 is 59.7. The molecule has 2 heterocycles. The van der Waals surface area contributed by atoms with Gasteiger partial charge in [-0.05, 0) is 44.9 Å². The van der Waals surface area contributed by atoms with Gasteiger partial charge in [-0.1, -0.05) is 0 Å². The van der Waals surface area contributed by atoms with Crippen LogP contribution in [0.2, 0.25) is 0 Å². The molecule has 0 radical (unpaired) electrons. The second-order valence-electron chi connectivity index (χ2n) is 8.57. The van der Waals surface area contributed by atoms with Crippen LogP contribution in [0.25, 0.3) is 28.2 Å². The highest BCUT2D eigenvalue weighted by Crippen LogP contribution is 2.45. The Morgan fingerprint density at radius 2 is 1.72 bits per heavy atom. The van der Waals surface area contributed by atoms with Gasteiger partial charge in [0.1, 0.15) is 28.9 Å². The van der Waals surface area contributed by atoms with E-state index in [2.05, 4.69) is 9.97 Å². The Labute approximate surface area is 181 Å². The van der Waals surface area contributed by atoms with E-state index in [1.165, 1.54) is 42.6 Å². The topological polar surface area (TPSA) is 50.4 Å². The Balaban J connectivity index is 1.75. The van der Waals surface area contributed by atoms with Crippen LogP contribution in [0.5, 0.6) is 5.75 Å². The second kappa shape index (κ2) is 7.05. The van der Waals surface area contributed by atoms with Gasteiger partial charge in [-0.15, -0.1) is 0 Å². The molecule has 0 unspecified atom stereocenters. The minimum absolute atomic E-state index is 0.0747. The molecule has 0 spiro atoms. The fourth-order valence-electron chi connectivity index (χ4n) is 3.94. The monoisotopic (exact) mass is 441 g/mol. The fraction of sp³-hybridized carbons (Fsp3) is 0.250. The number of halogens is 4. The Bertz CT molecular complexity index is 1350. The largest absolute Gasteiger partial charge is 0.508 e. The van der Waals surface area contributed by atoms with Crippen molar-refractivity contribution in [2.75, 3.05) is 0 Å². The lowest BCUT2D eigenvalue weighted by Gasteiger charge is -2.16. The molecule has 1 N–H and O–H groups in total. The SMILES string of the molecule is CC(C)(F)c1cc(-c2cn3c(-c4c(F)cc(O)cc4F)c(C4CC4)nc3cn2)ccc1F. The van der Waals surface area contributed by atoms with Crippen LogP contribution in [0, 0.1) is 17.5 Å². The zero-order valence-corrected chi connectivity index (χ0v) is 17.3. The van der Waals surface area contributed by atoms with E-state index in [9.17, 15) is 22.7 Å². The number of aromatic nitrogens is 3. The summed E-state index contributed by atoms with van der Waals surface area (Å²) in [6.45, 7) is 2.52. The number of fused-ring (bicyclic) bond motifs is 1. The smallest absolute Gasteiger partial charge is 0.156 e. The first-order valence-corrected chi connectivity index (χ1v) is 10.2. The van der Waals surface area contributed by atoms with Crippen molar-refractivity contribution in [2.24, 2.45) is 0 Å². The van der Waals surface area contributed by atoms with Gasteiger partial charge < -0.3 is 5.11 Å². The summed E-state index contributed by atoms with van der Waals surface area (Å²) in [6.07, 6.45) is 4.72. The normalized spacial score (nSPS) is 14.3. The standard InChI is InChI=1S/C24H19F4N3O/c1-24(2,28)15-7-13(5-6-16(15)25)19-11-31-20(10-29-19)30-22(12-3-4-12)23(31)21-17(26)8-14(32)9-18(21)27/h5-12,32H,3-4H2,1-2H3. The summed E-state index contributed by atoms with van der Waals surface area (Å²) in [5, 5.41) is 9.55. The minimum Gasteiger partial charge on any atom is -0.508 e. The van der Waals surface area contributed by atoms with Crippen molar-refractivity contribution < 1.29 is 22.7 Å². The molecule has 8 heteroatoms. The first kappa shape index (κ1) is 20.5. The van der Waals surface area contributed by atoms with E-state index in [1.54, 1.807) is 6.20 Å². The summed E-state index contributed by atoms with van der Waals surface area (Å²) in [4.78, 5) is 8.91. The van der Waals surface area contributed by atoms with Crippen molar-refractivity contribution in [3.8, 4) is 28.3 Å². The molecule has 1 aliphatic rings. The molecule has 0 saturated heterocycles. The lowest BCUT2D eigenvalue weighted by atomic mass is 9.96. The highest BCUT2D eigenvalue weighted by Gasteiger charge is 2.33. The molecule has 164 valence electrons. The van der Waals surface area contributed by atoms with Gasteiger partial charge in [0.05, 0.1) is 28.8 Å². The van der Waals surface area contributed by atoms with Gasteiger partial charge >= 0.3 is 0 Å². The van der Waals surface area contributed by atoms with Crippen LogP contribution in [-0.2, 0) is 5.67 Å². The number of nitrogens with zero attached hydrogens (tertiary/aromatic N) is 3. The molecule has 1 fully saturated rings. The molecule has 4 nitrogen and oxygen atoms in total. The van der Waals surface area contributed by atoms with Gasteiger partial charge in [-0.25, -0.2) is 22.5 Å². The number of hydrogen-bond donors (Lipinski definition) is 1. The predicted octanol–water partition coefficient (Wildman–Crippen LogP) is 6.27. The van der Waals surface area contributed by atoms with E-state index in [4.69, 9.17) is 0 Å². The molecule has 0 aliphatic heterocycles. The van der Waals surface area contributed by atoms with Crippen molar-refractivity contribution in [1.82, 2.24) is 14.4 Å². The third-order valence-electron chi connectivity index (χ3n) is 5.67. The van der Waals surface area contributed by atoms with Crippen LogP contribution < -0.4 is 0 Å². The zero-order chi connectivity index (χ0) is 22.8. The number of imidazole rings is 1. The summed E-state index contributed by atoms with van der Waals surface area (Å²) in [5.41, 5.74) is -0.299. The number of benzene rings is 2. The summed E-state index contributed by atoms with van der Waals surface area (Å²) >= 11 is 0. The van der Waals surface area contributed by atoms with Crippen molar-refractivity contribution in [3.63, 3.8) is 0 Å². The molecular formula is C24H19F4N3O. The van der Waals surface area contributed by atoms with Crippen molar-refractivity contribution >= 4 is 5.65 Å². The highest BCUT2D eigenvalue weighted by atomic mass is 19.2. The molecule has 0 amide bonds. The number of rotatable bonds is 4. The van der Waals surface area contributed by atoms with Crippen LogP contribution >= 0.6 is 0 Å². The van der Waals surface area contributed by atoms with Crippen molar-refractivity contribution in [3.05, 3.63) is 71.4 Å². The molecule has 1 aliphatic carbocycles. The lowest BCUT2D eigenvalue weighted by molar-refractivity contribution is 0.214. The zero-order valence-electron chi connectivity index (χ0n) is 17.3. The van der Waals surface area contributed by atoms with Crippen LogP contribution in [0.15, 0.2) is 42.7 Å². The van der Waals surface area contributed by atoms with Gasteiger partial charge in [-0.3, -0.25) is 9.38 Å².